The number of carbonyl (C=O) groups excluding carboxylic acids is 1. The van der Waals surface area contributed by atoms with Crippen LogP contribution in [-0.2, 0) is 11.3 Å². The third kappa shape index (κ3) is 2.46. The highest BCUT2D eigenvalue weighted by atomic mass is 16.5. The lowest BCUT2D eigenvalue weighted by Crippen LogP contribution is -2.41. The summed E-state index contributed by atoms with van der Waals surface area (Å²) in [7, 11) is 1.47. The first-order valence-corrected chi connectivity index (χ1v) is 5.78. The number of para-hydroxylation sites is 2. The molecule has 1 amide bonds. The van der Waals surface area contributed by atoms with E-state index in [9.17, 15) is 14.4 Å². The van der Waals surface area contributed by atoms with Gasteiger partial charge in [0.25, 0.3) is 0 Å². The zero-order valence-electron chi connectivity index (χ0n) is 10.8. The first-order valence-electron chi connectivity index (χ1n) is 5.78. The lowest BCUT2D eigenvalue weighted by Gasteiger charge is -2.11. The van der Waals surface area contributed by atoms with E-state index in [1.165, 1.54) is 24.1 Å². The van der Waals surface area contributed by atoms with E-state index in [2.05, 4.69) is 0 Å². The molecule has 0 bridgehead atoms. The van der Waals surface area contributed by atoms with Gasteiger partial charge >= 0.3 is 11.1 Å². The Morgan fingerprint density at radius 1 is 1.20 bits per heavy atom. The van der Waals surface area contributed by atoms with Gasteiger partial charge in [0.2, 0.25) is 5.91 Å². The first kappa shape index (κ1) is 13.6. The average molecular weight is 275 g/mol. The topological polar surface area (TPSA) is 96.3 Å². The van der Waals surface area contributed by atoms with Crippen LogP contribution in [0.15, 0.2) is 46.2 Å². The van der Waals surface area contributed by atoms with Crippen molar-refractivity contribution in [1.82, 2.24) is 9.13 Å². The fraction of sp³-hybridized carbons (Fsp3) is 0.154. The number of carbonyl (C=O) groups is 1. The second kappa shape index (κ2) is 5.43. The molecular formula is C13H13N3O4. The van der Waals surface area contributed by atoms with Crippen LogP contribution in [0.3, 0.4) is 0 Å². The second-order valence-corrected chi connectivity index (χ2v) is 4.04. The molecular weight excluding hydrogens is 262 g/mol. The number of hydrogen-bond donors (Lipinski definition) is 1. The molecule has 0 unspecified atom stereocenters. The van der Waals surface area contributed by atoms with E-state index in [0.29, 0.717) is 11.4 Å². The van der Waals surface area contributed by atoms with Crippen molar-refractivity contribution in [2.45, 2.75) is 6.54 Å². The van der Waals surface area contributed by atoms with Crippen LogP contribution in [0.5, 0.6) is 5.75 Å². The van der Waals surface area contributed by atoms with Crippen molar-refractivity contribution in [3.8, 4) is 11.4 Å². The Morgan fingerprint density at radius 3 is 2.55 bits per heavy atom. The van der Waals surface area contributed by atoms with E-state index in [1.54, 1.807) is 24.3 Å². The zero-order valence-corrected chi connectivity index (χ0v) is 10.8. The second-order valence-electron chi connectivity index (χ2n) is 4.04. The smallest absolute Gasteiger partial charge is 0.321 e. The van der Waals surface area contributed by atoms with Crippen LogP contribution in [0, 0.1) is 0 Å². The van der Waals surface area contributed by atoms with Crippen molar-refractivity contribution in [1.29, 1.82) is 0 Å². The van der Waals surface area contributed by atoms with Crippen LogP contribution in [0.1, 0.15) is 0 Å². The molecule has 1 aromatic carbocycles. The third-order valence-electron chi connectivity index (χ3n) is 2.73. The molecule has 0 aliphatic carbocycles. The Bertz CT molecular complexity index is 761. The summed E-state index contributed by atoms with van der Waals surface area (Å²) in [5, 5.41) is 0. The van der Waals surface area contributed by atoms with Gasteiger partial charge in [-0.3, -0.25) is 23.5 Å². The fourth-order valence-corrected chi connectivity index (χ4v) is 1.82. The Kier molecular flexibility index (Phi) is 3.69. The Labute approximate surface area is 113 Å². The van der Waals surface area contributed by atoms with Crippen LogP contribution in [0.4, 0.5) is 0 Å². The van der Waals surface area contributed by atoms with Gasteiger partial charge in [-0.15, -0.1) is 0 Å². The highest BCUT2D eigenvalue weighted by Gasteiger charge is 2.11. The highest BCUT2D eigenvalue weighted by molar-refractivity contribution is 5.73. The van der Waals surface area contributed by atoms with Gasteiger partial charge in [-0.1, -0.05) is 12.1 Å². The van der Waals surface area contributed by atoms with Gasteiger partial charge in [0.15, 0.2) is 0 Å². The van der Waals surface area contributed by atoms with Crippen LogP contribution < -0.4 is 21.6 Å². The summed E-state index contributed by atoms with van der Waals surface area (Å²) in [5.74, 6) is -0.233. The van der Waals surface area contributed by atoms with Gasteiger partial charge < -0.3 is 10.5 Å². The first-order chi connectivity index (χ1) is 9.54. The fourth-order valence-electron chi connectivity index (χ4n) is 1.82. The number of nitrogens with zero attached hydrogens (tertiary/aromatic N) is 2. The summed E-state index contributed by atoms with van der Waals surface area (Å²) in [6.45, 7) is -0.333. The largest absolute Gasteiger partial charge is 0.495 e. The Balaban J connectivity index is 2.60. The summed E-state index contributed by atoms with van der Waals surface area (Å²) in [5.41, 5.74) is 3.86. The maximum absolute atomic E-state index is 12.1. The van der Waals surface area contributed by atoms with Gasteiger partial charge in [0.1, 0.15) is 12.3 Å². The predicted octanol–water partition coefficient (Wildman–Crippen LogP) is -0.507. The molecule has 0 saturated heterocycles. The van der Waals surface area contributed by atoms with Crippen molar-refractivity contribution in [2.24, 2.45) is 5.73 Å². The molecule has 0 aliphatic heterocycles. The molecule has 0 spiro atoms. The maximum atomic E-state index is 12.1. The van der Waals surface area contributed by atoms with Gasteiger partial charge in [0.05, 0.1) is 12.8 Å². The van der Waals surface area contributed by atoms with Gasteiger partial charge in [-0.05, 0) is 12.1 Å². The number of aromatic nitrogens is 2. The quantitative estimate of drug-likeness (QED) is 0.760. The molecule has 20 heavy (non-hydrogen) atoms. The number of ether oxygens (including phenoxy) is 1. The van der Waals surface area contributed by atoms with Crippen LogP contribution in [-0.4, -0.2) is 22.2 Å². The molecule has 2 rings (SSSR count). The number of amides is 1. The summed E-state index contributed by atoms with van der Waals surface area (Å²) < 4.78 is 7.28. The van der Waals surface area contributed by atoms with Crippen molar-refractivity contribution in [2.75, 3.05) is 7.11 Å². The molecule has 0 aliphatic rings. The van der Waals surface area contributed by atoms with Gasteiger partial charge in [0, 0.05) is 12.4 Å². The number of hydrogen-bond acceptors (Lipinski definition) is 4. The summed E-state index contributed by atoms with van der Waals surface area (Å²) in [4.78, 5) is 34.8. The van der Waals surface area contributed by atoms with Crippen molar-refractivity contribution in [3.05, 3.63) is 57.4 Å². The van der Waals surface area contributed by atoms with E-state index in [1.807, 2.05) is 0 Å². The van der Waals surface area contributed by atoms with Gasteiger partial charge in [-0.2, -0.15) is 0 Å². The van der Waals surface area contributed by atoms with E-state index in [0.717, 1.165) is 4.57 Å². The Morgan fingerprint density at radius 2 is 1.90 bits per heavy atom. The molecule has 2 N–H and O–H groups in total. The molecule has 1 aromatic heterocycles. The third-order valence-corrected chi connectivity index (χ3v) is 2.73. The van der Waals surface area contributed by atoms with Gasteiger partial charge in [-0.25, -0.2) is 0 Å². The van der Waals surface area contributed by atoms with E-state index in [-0.39, 0.29) is 6.54 Å². The van der Waals surface area contributed by atoms with Crippen molar-refractivity contribution < 1.29 is 9.53 Å². The minimum absolute atomic E-state index is 0.333. The molecule has 7 nitrogen and oxygen atoms in total. The summed E-state index contributed by atoms with van der Waals surface area (Å²) >= 11 is 0. The van der Waals surface area contributed by atoms with E-state index >= 15 is 0 Å². The van der Waals surface area contributed by atoms with Crippen LogP contribution in [0.2, 0.25) is 0 Å². The average Bonchev–Trinajstić information content (AvgIpc) is 2.44. The molecule has 2 aromatic rings. The monoisotopic (exact) mass is 275 g/mol. The lowest BCUT2D eigenvalue weighted by molar-refractivity contribution is -0.118. The minimum Gasteiger partial charge on any atom is -0.495 e. The SMILES string of the molecule is COc1ccccc1-n1ccn(CC(N)=O)c(=O)c1=O. The van der Waals surface area contributed by atoms with E-state index < -0.39 is 17.0 Å². The number of benzene rings is 1. The molecule has 0 radical (unpaired) electrons. The number of rotatable bonds is 4. The number of primary amides is 1. The van der Waals surface area contributed by atoms with Crippen LogP contribution in [0.25, 0.3) is 5.69 Å². The minimum atomic E-state index is -0.822. The van der Waals surface area contributed by atoms with Crippen LogP contribution >= 0.6 is 0 Å². The highest BCUT2D eigenvalue weighted by Crippen LogP contribution is 2.19. The summed E-state index contributed by atoms with van der Waals surface area (Å²) in [6.07, 6.45) is 2.73. The number of nitrogens with two attached hydrogens (primary N) is 1. The van der Waals surface area contributed by atoms with E-state index in [4.69, 9.17) is 10.5 Å². The molecule has 0 fully saturated rings. The predicted molar refractivity (Wildman–Crippen MR) is 72.0 cm³/mol. The molecule has 0 atom stereocenters. The summed E-state index contributed by atoms with van der Waals surface area (Å²) in [6, 6.07) is 6.80. The molecule has 1 heterocycles. The maximum Gasteiger partial charge on any atom is 0.321 e. The molecule has 104 valence electrons. The standard InChI is InChI=1S/C13H13N3O4/c1-20-10-5-3-2-4-9(10)16-7-6-15(8-11(14)17)12(18)13(16)19/h2-7H,8H2,1H3,(H2,14,17). The Hall–Kier alpha value is -2.83. The zero-order chi connectivity index (χ0) is 14.7. The van der Waals surface area contributed by atoms with Crippen molar-refractivity contribution in [3.63, 3.8) is 0 Å². The molecule has 0 saturated carbocycles. The normalized spacial score (nSPS) is 10.2. The lowest BCUT2D eigenvalue weighted by atomic mass is 10.3. The number of methoxy groups -OCH3 is 1. The molecule has 7 heteroatoms. The van der Waals surface area contributed by atoms with Crippen molar-refractivity contribution >= 4 is 5.91 Å².